The smallest absolute Gasteiger partial charge is 0.482 e. The van der Waals surface area contributed by atoms with Crippen molar-refractivity contribution in [1.82, 2.24) is 4.57 Å². The van der Waals surface area contributed by atoms with Crippen LogP contribution in [0.15, 0.2) is 10.9 Å². The van der Waals surface area contributed by atoms with Crippen molar-refractivity contribution in [3.8, 4) is 5.75 Å². The van der Waals surface area contributed by atoms with Gasteiger partial charge in [0.25, 0.3) is 0 Å². The van der Waals surface area contributed by atoms with Crippen molar-refractivity contribution < 1.29 is 37.2 Å². The van der Waals surface area contributed by atoms with Gasteiger partial charge in [-0.15, -0.1) is 6.54 Å². The summed E-state index contributed by atoms with van der Waals surface area (Å²) in [4.78, 5) is 11.6. The van der Waals surface area contributed by atoms with Crippen LogP contribution >= 0.6 is 9.47 Å². The summed E-state index contributed by atoms with van der Waals surface area (Å²) >= 11 is 0. The van der Waals surface area contributed by atoms with Gasteiger partial charge in [0.2, 0.25) is 0 Å². The van der Waals surface area contributed by atoms with E-state index < -0.39 is 0 Å². The zero-order valence-electron chi connectivity index (χ0n) is 8.57. The molecule has 5 heteroatoms. The van der Waals surface area contributed by atoms with Crippen molar-refractivity contribution in [2.24, 2.45) is 0 Å². The predicted octanol–water partition coefficient (Wildman–Crippen LogP) is 1.66. The SMILES string of the molecule is C[CH-]n1c(C)cc(OP)c(C)c1=O.[Y+3]. The van der Waals surface area contributed by atoms with Crippen LogP contribution in [0.3, 0.4) is 0 Å². The van der Waals surface area contributed by atoms with Crippen molar-refractivity contribution in [2.75, 3.05) is 0 Å². The third kappa shape index (κ3) is 2.59. The molecule has 0 bridgehead atoms. The summed E-state index contributed by atoms with van der Waals surface area (Å²) in [6.45, 7) is 7.20. The van der Waals surface area contributed by atoms with Crippen LogP contribution in [-0.2, 0) is 32.7 Å². The van der Waals surface area contributed by atoms with Gasteiger partial charge in [-0.25, -0.2) is 0 Å². The number of pyridine rings is 1. The van der Waals surface area contributed by atoms with E-state index in [-0.39, 0.29) is 38.3 Å². The van der Waals surface area contributed by atoms with E-state index in [0.29, 0.717) is 11.3 Å². The summed E-state index contributed by atoms with van der Waals surface area (Å²) in [5.41, 5.74) is 1.47. The number of hydrogen-bond donors (Lipinski definition) is 0. The summed E-state index contributed by atoms with van der Waals surface area (Å²) in [6.07, 6.45) is 0. The fraction of sp³-hybridized carbons (Fsp3) is 0.333. The first-order valence-corrected chi connectivity index (χ1v) is 4.48. The average Bonchev–Trinajstić information content (AvgIpc) is 2.12. The zero-order valence-corrected chi connectivity index (χ0v) is 12.6. The zero-order chi connectivity index (χ0) is 10.0. The molecule has 0 saturated heterocycles. The van der Waals surface area contributed by atoms with E-state index in [1.807, 2.05) is 19.9 Å². The fourth-order valence-electron chi connectivity index (χ4n) is 1.26. The molecule has 1 rings (SSSR count). The Morgan fingerprint density at radius 2 is 2.07 bits per heavy atom. The van der Waals surface area contributed by atoms with Gasteiger partial charge in [0.15, 0.2) is 0 Å². The van der Waals surface area contributed by atoms with Crippen molar-refractivity contribution in [2.45, 2.75) is 20.8 Å². The molecule has 0 aromatic carbocycles. The molecule has 1 unspecified atom stereocenters. The summed E-state index contributed by atoms with van der Waals surface area (Å²) in [5.74, 6) is 0.616. The molecule has 14 heavy (non-hydrogen) atoms. The van der Waals surface area contributed by atoms with Gasteiger partial charge in [-0.05, 0) is 12.5 Å². The Bertz CT molecular complexity index is 376. The van der Waals surface area contributed by atoms with E-state index in [1.54, 1.807) is 18.0 Å². The van der Waals surface area contributed by atoms with Gasteiger partial charge in [0, 0.05) is 0 Å². The monoisotopic (exact) mass is 287 g/mol. The van der Waals surface area contributed by atoms with Gasteiger partial charge in [0.05, 0.1) is 9.47 Å². The maximum Gasteiger partial charge on any atom is 3.00 e. The van der Waals surface area contributed by atoms with Crippen LogP contribution in [-0.4, -0.2) is 4.57 Å². The van der Waals surface area contributed by atoms with E-state index >= 15 is 0 Å². The normalized spacial score (nSPS) is 9.14. The molecule has 1 aromatic rings. The van der Waals surface area contributed by atoms with Gasteiger partial charge >= 0.3 is 32.7 Å². The molecule has 0 saturated carbocycles. The number of nitrogens with zero attached hydrogens (tertiary/aromatic N) is 1. The van der Waals surface area contributed by atoms with E-state index in [9.17, 15) is 4.79 Å². The Kier molecular flexibility index (Phi) is 5.96. The maximum atomic E-state index is 11.6. The standard InChI is InChI=1S/C9H13NO2P.Y/c1-4-10-6(2)5-8(12-13)7(3)9(10)11;/h4-5H,13H2,1-3H3;/q-1;+3. The minimum atomic E-state index is -0.0278. The molecule has 0 amide bonds. The van der Waals surface area contributed by atoms with Crippen molar-refractivity contribution in [1.29, 1.82) is 0 Å². The van der Waals surface area contributed by atoms with Crippen molar-refractivity contribution in [3.63, 3.8) is 0 Å². The van der Waals surface area contributed by atoms with Gasteiger partial charge in [0.1, 0.15) is 11.3 Å². The van der Waals surface area contributed by atoms with Crippen LogP contribution in [0.1, 0.15) is 18.2 Å². The minimum Gasteiger partial charge on any atom is -0.482 e. The van der Waals surface area contributed by atoms with E-state index in [0.717, 1.165) is 5.69 Å². The number of hydrogen-bond acceptors (Lipinski definition) is 2. The molecule has 3 nitrogen and oxygen atoms in total. The fourth-order valence-corrected chi connectivity index (χ4v) is 1.50. The molecule has 0 N–H and O–H groups in total. The molecule has 0 aliphatic rings. The molecule has 1 atom stereocenters. The molecule has 1 heterocycles. The van der Waals surface area contributed by atoms with Gasteiger partial charge in [-0.2, -0.15) is 0 Å². The van der Waals surface area contributed by atoms with E-state index in [4.69, 9.17) is 4.52 Å². The molecule has 0 aliphatic carbocycles. The number of rotatable bonds is 2. The molecule has 0 aliphatic heterocycles. The van der Waals surface area contributed by atoms with E-state index in [2.05, 4.69) is 9.47 Å². The maximum absolute atomic E-state index is 11.6. The van der Waals surface area contributed by atoms with E-state index in [1.165, 1.54) is 0 Å². The Morgan fingerprint density at radius 1 is 1.50 bits per heavy atom. The molecule has 72 valence electrons. The average molecular weight is 287 g/mol. The first-order valence-electron chi connectivity index (χ1n) is 4.00. The third-order valence-electron chi connectivity index (χ3n) is 2.01. The van der Waals surface area contributed by atoms with Crippen LogP contribution in [0, 0.1) is 20.4 Å². The van der Waals surface area contributed by atoms with Crippen LogP contribution in [0.2, 0.25) is 0 Å². The van der Waals surface area contributed by atoms with Crippen LogP contribution in [0.4, 0.5) is 0 Å². The quantitative estimate of drug-likeness (QED) is 0.612. The summed E-state index contributed by atoms with van der Waals surface area (Å²) < 4.78 is 6.60. The summed E-state index contributed by atoms with van der Waals surface area (Å²) in [5, 5.41) is 0. The second-order valence-corrected chi connectivity index (χ2v) is 3.06. The van der Waals surface area contributed by atoms with Gasteiger partial charge < -0.3 is 13.9 Å². The molecular formula is C9H13NO2PY+2. The first kappa shape index (κ1) is 14.2. The van der Waals surface area contributed by atoms with Gasteiger partial charge in [-0.1, -0.05) is 25.6 Å². The molecule has 0 spiro atoms. The second kappa shape index (κ2) is 5.90. The second-order valence-electron chi connectivity index (χ2n) is 2.83. The third-order valence-corrected chi connectivity index (χ3v) is 2.27. The van der Waals surface area contributed by atoms with Crippen LogP contribution in [0.25, 0.3) is 0 Å². The minimum absolute atomic E-state index is 0. The van der Waals surface area contributed by atoms with Gasteiger partial charge in [-0.3, -0.25) is 0 Å². The Labute approximate surface area is 111 Å². The Balaban J connectivity index is 0.00000169. The predicted molar refractivity (Wildman–Crippen MR) is 55.9 cm³/mol. The Morgan fingerprint density at radius 3 is 2.50 bits per heavy atom. The number of aryl methyl sites for hydroxylation is 1. The van der Waals surface area contributed by atoms with Crippen molar-refractivity contribution >= 4 is 9.47 Å². The first-order chi connectivity index (χ1) is 6.11. The largest absolute Gasteiger partial charge is 3.00 e. The number of aromatic nitrogens is 1. The molecule has 1 aromatic heterocycles. The Hall–Kier alpha value is 0.154. The topological polar surface area (TPSA) is 31.2 Å². The van der Waals surface area contributed by atoms with Crippen molar-refractivity contribution in [3.05, 3.63) is 34.2 Å². The molecular weight excluding hydrogens is 274 g/mol. The molecule has 0 radical (unpaired) electrons. The van der Waals surface area contributed by atoms with Crippen LogP contribution in [0.5, 0.6) is 5.75 Å². The summed E-state index contributed by atoms with van der Waals surface area (Å²) in [7, 11) is 2.15. The van der Waals surface area contributed by atoms with Crippen LogP contribution < -0.4 is 10.1 Å². The summed E-state index contributed by atoms with van der Waals surface area (Å²) in [6, 6.07) is 1.84. The molecule has 0 fully saturated rings.